The molecule has 1 rings (SSSR count). The molecule has 0 aliphatic rings. The molecule has 0 spiro atoms. The normalized spacial score (nSPS) is 12.6. The quantitative estimate of drug-likeness (QED) is 0.620. The molecular weight excluding hydrogens is 266 g/mol. The van der Waals surface area contributed by atoms with Crippen LogP contribution in [0.3, 0.4) is 0 Å². The molecule has 5 heteroatoms. The minimum Gasteiger partial charge on any atom is -0.296 e. The second-order valence-corrected chi connectivity index (χ2v) is 4.67. The molecule has 0 heterocycles. The van der Waals surface area contributed by atoms with Crippen LogP contribution >= 0.6 is 23.2 Å². The number of hydrogen-bond donors (Lipinski definition) is 0. The van der Waals surface area contributed by atoms with E-state index in [0.29, 0.717) is 0 Å². The molecule has 92 valence electrons. The summed E-state index contributed by atoms with van der Waals surface area (Å²) in [5.41, 5.74) is -0.0688. The summed E-state index contributed by atoms with van der Waals surface area (Å²) in [6.45, 7) is 3.06. The van der Waals surface area contributed by atoms with Crippen molar-refractivity contribution in [1.82, 2.24) is 0 Å². The van der Waals surface area contributed by atoms with Crippen molar-refractivity contribution in [1.29, 1.82) is 0 Å². The van der Waals surface area contributed by atoms with Crippen molar-refractivity contribution in [3.05, 3.63) is 33.8 Å². The summed E-state index contributed by atoms with van der Waals surface area (Å²) in [7, 11) is 0. The van der Waals surface area contributed by atoms with Crippen LogP contribution in [0.15, 0.2) is 18.2 Å². The van der Waals surface area contributed by atoms with Crippen LogP contribution < -0.4 is 0 Å². The Balaban J connectivity index is 3.05. The lowest BCUT2D eigenvalue weighted by atomic mass is 9.98. The van der Waals surface area contributed by atoms with Crippen LogP contribution in [0.1, 0.15) is 24.2 Å². The van der Waals surface area contributed by atoms with Crippen molar-refractivity contribution in [2.75, 3.05) is 0 Å². The summed E-state index contributed by atoms with van der Waals surface area (Å²) < 4.78 is 13.6. The third-order valence-corrected chi connectivity index (χ3v) is 3.08. The Labute approximate surface area is 109 Å². The number of alkyl halides is 1. The minimum absolute atomic E-state index is 0.0293. The van der Waals surface area contributed by atoms with Gasteiger partial charge in [-0.3, -0.25) is 9.59 Å². The maximum Gasteiger partial charge on any atom is 0.221 e. The molecule has 2 nitrogen and oxygen atoms in total. The van der Waals surface area contributed by atoms with Crippen LogP contribution in [0.25, 0.3) is 0 Å². The highest BCUT2D eigenvalue weighted by Gasteiger charge is 2.30. The Morgan fingerprint density at radius 2 is 1.82 bits per heavy atom. The zero-order valence-electron chi connectivity index (χ0n) is 9.34. The molecule has 0 aliphatic heterocycles. The van der Waals surface area contributed by atoms with E-state index in [1.807, 2.05) is 0 Å². The van der Waals surface area contributed by atoms with E-state index in [-0.39, 0.29) is 15.6 Å². The van der Waals surface area contributed by atoms with E-state index >= 15 is 0 Å². The molecule has 0 N–H and O–H groups in total. The van der Waals surface area contributed by atoms with Crippen molar-refractivity contribution >= 4 is 34.8 Å². The first-order valence-corrected chi connectivity index (χ1v) is 5.78. The summed E-state index contributed by atoms with van der Waals surface area (Å²) >= 11 is 11.5. The zero-order chi connectivity index (χ0) is 13.2. The molecule has 1 aromatic rings. The van der Waals surface area contributed by atoms with Gasteiger partial charge in [0, 0.05) is 11.5 Å². The Hall–Kier alpha value is -0.930. The van der Waals surface area contributed by atoms with Crippen molar-refractivity contribution < 1.29 is 14.0 Å². The van der Waals surface area contributed by atoms with Crippen LogP contribution in [0.4, 0.5) is 4.39 Å². The molecule has 0 saturated heterocycles. The highest BCUT2D eigenvalue weighted by molar-refractivity contribution is 6.44. The van der Waals surface area contributed by atoms with E-state index in [9.17, 15) is 14.0 Å². The van der Waals surface area contributed by atoms with Crippen LogP contribution in [-0.4, -0.2) is 17.7 Å². The van der Waals surface area contributed by atoms with Gasteiger partial charge in [0.2, 0.25) is 12.0 Å². The van der Waals surface area contributed by atoms with Crippen molar-refractivity contribution in [3.8, 4) is 0 Å². The average molecular weight is 277 g/mol. The van der Waals surface area contributed by atoms with E-state index in [4.69, 9.17) is 23.2 Å². The van der Waals surface area contributed by atoms with Crippen LogP contribution in [-0.2, 0) is 4.79 Å². The summed E-state index contributed by atoms with van der Waals surface area (Å²) in [6.07, 6.45) is -2.19. The van der Waals surface area contributed by atoms with E-state index in [0.717, 1.165) is 0 Å². The molecular formula is C12H11Cl2FO2. The Kier molecular flexibility index (Phi) is 4.66. The number of halogens is 3. The lowest BCUT2D eigenvalue weighted by Crippen LogP contribution is -2.29. The summed E-state index contributed by atoms with van der Waals surface area (Å²) in [6, 6.07) is 4.31. The SMILES string of the molecule is CC(C)C(=O)C(F)C(=O)c1cccc(Cl)c1Cl. The molecule has 0 aromatic heterocycles. The maximum atomic E-state index is 13.6. The van der Waals surface area contributed by atoms with Gasteiger partial charge >= 0.3 is 0 Å². The fourth-order valence-electron chi connectivity index (χ4n) is 1.25. The maximum absolute atomic E-state index is 13.6. The van der Waals surface area contributed by atoms with Gasteiger partial charge in [-0.1, -0.05) is 43.1 Å². The Bertz CT molecular complexity index is 458. The highest BCUT2D eigenvalue weighted by atomic mass is 35.5. The first kappa shape index (κ1) is 14.1. The lowest BCUT2D eigenvalue weighted by Gasteiger charge is -2.10. The first-order valence-electron chi connectivity index (χ1n) is 5.02. The molecule has 1 aromatic carbocycles. The van der Waals surface area contributed by atoms with Crippen molar-refractivity contribution in [2.45, 2.75) is 20.0 Å². The molecule has 1 atom stereocenters. The predicted octanol–water partition coefficient (Wildman–Crippen LogP) is 3.74. The molecule has 17 heavy (non-hydrogen) atoms. The fourth-order valence-corrected chi connectivity index (χ4v) is 1.65. The van der Waals surface area contributed by atoms with Crippen LogP contribution in [0.2, 0.25) is 10.0 Å². The van der Waals surface area contributed by atoms with Crippen LogP contribution in [0.5, 0.6) is 0 Å². The third kappa shape index (κ3) is 3.05. The van der Waals surface area contributed by atoms with Crippen molar-refractivity contribution in [2.24, 2.45) is 5.92 Å². The topological polar surface area (TPSA) is 34.1 Å². The van der Waals surface area contributed by atoms with Gasteiger partial charge < -0.3 is 0 Å². The second-order valence-electron chi connectivity index (χ2n) is 3.89. The standard InChI is InChI=1S/C12H11Cl2FO2/c1-6(2)11(16)10(15)12(17)7-4-3-5-8(13)9(7)14/h3-6,10H,1-2H3. The minimum atomic E-state index is -2.19. The molecule has 0 aliphatic carbocycles. The molecule has 0 radical (unpaired) electrons. The number of benzene rings is 1. The smallest absolute Gasteiger partial charge is 0.221 e. The number of Topliss-reactive ketones (excluding diaryl/α,β-unsaturated/α-hetero) is 2. The fraction of sp³-hybridized carbons (Fsp3) is 0.333. The number of carbonyl (C=O) groups excluding carboxylic acids is 2. The Morgan fingerprint density at radius 3 is 2.35 bits per heavy atom. The van der Waals surface area contributed by atoms with Gasteiger partial charge in [-0.2, -0.15) is 0 Å². The lowest BCUT2D eigenvalue weighted by molar-refractivity contribution is -0.125. The molecule has 0 saturated carbocycles. The summed E-state index contributed by atoms with van der Waals surface area (Å²) in [5, 5.41) is 0.125. The van der Waals surface area contributed by atoms with Gasteiger partial charge in [0.25, 0.3) is 0 Å². The van der Waals surface area contributed by atoms with E-state index < -0.39 is 23.7 Å². The predicted molar refractivity (Wildman–Crippen MR) is 65.5 cm³/mol. The molecule has 0 bridgehead atoms. The highest BCUT2D eigenvalue weighted by Crippen LogP contribution is 2.27. The number of carbonyl (C=O) groups is 2. The van der Waals surface area contributed by atoms with E-state index in [2.05, 4.69) is 0 Å². The average Bonchev–Trinajstić information content (AvgIpc) is 2.29. The summed E-state index contributed by atoms with van der Waals surface area (Å²) in [4.78, 5) is 23.1. The third-order valence-electron chi connectivity index (χ3n) is 2.27. The van der Waals surface area contributed by atoms with Gasteiger partial charge in [0.05, 0.1) is 10.0 Å². The van der Waals surface area contributed by atoms with Crippen molar-refractivity contribution in [3.63, 3.8) is 0 Å². The van der Waals surface area contributed by atoms with Gasteiger partial charge in [0.15, 0.2) is 5.78 Å². The van der Waals surface area contributed by atoms with E-state index in [1.165, 1.54) is 32.0 Å². The summed E-state index contributed by atoms with van der Waals surface area (Å²) in [5.74, 6) is -2.26. The number of hydrogen-bond acceptors (Lipinski definition) is 2. The van der Waals surface area contributed by atoms with E-state index in [1.54, 1.807) is 0 Å². The van der Waals surface area contributed by atoms with Crippen LogP contribution in [0, 0.1) is 5.92 Å². The number of ketones is 2. The van der Waals surface area contributed by atoms with Gasteiger partial charge in [0.1, 0.15) is 0 Å². The molecule has 0 fully saturated rings. The largest absolute Gasteiger partial charge is 0.296 e. The van der Waals surface area contributed by atoms with Gasteiger partial charge in [-0.25, -0.2) is 4.39 Å². The second kappa shape index (κ2) is 5.61. The van der Waals surface area contributed by atoms with Gasteiger partial charge in [-0.05, 0) is 12.1 Å². The Morgan fingerprint density at radius 1 is 1.24 bits per heavy atom. The zero-order valence-corrected chi connectivity index (χ0v) is 10.8. The first-order chi connectivity index (χ1) is 7.86. The molecule has 0 amide bonds. The monoisotopic (exact) mass is 276 g/mol. The molecule has 1 unspecified atom stereocenters. The van der Waals surface area contributed by atoms with Gasteiger partial charge in [-0.15, -0.1) is 0 Å². The number of rotatable bonds is 4.